The third-order valence-corrected chi connectivity index (χ3v) is 8.73. The number of hydrogen-bond acceptors (Lipinski definition) is 6. The number of carbonyl (C=O) groups is 1. The number of para-hydroxylation sites is 1. The molecule has 0 aliphatic carbocycles. The maximum absolute atomic E-state index is 14.0. The van der Waals surface area contributed by atoms with Gasteiger partial charge >= 0.3 is 0 Å². The minimum atomic E-state index is -3.80. The van der Waals surface area contributed by atoms with Crippen LogP contribution >= 0.6 is 11.3 Å². The van der Waals surface area contributed by atoms with Gasteiger partial charge in [0.25, 0.3) is 5.91 Å². The lowest BCUT2D eigenvalue weighted by Gasteiger charge is -2.26. The van der Waals surface area contributed by atoms with Crippen LogP contribution in [0.3, 0.4) is 0 Å². The largest absolute Gasteiger partial charge is 0.379 e. The second-order valence-electron chi connectivity index (χ2n) is 8.07. The van der Waals surface area contributed by atoms with E-state index < -0.39 is 21.7 Å². The summed E-state index contributed by atoms with van der Waals surface area (Å²) in [6, 6.07) is 17.6. The van der Waals surface area contributed by atoms with Crippen molar-refractivity contribution in [2.24, 2.45) is 0 Å². The Hall–Kier alpha value is -3.18. The first-order valence-corrected chi connectivity index (χ1v) is 13.2. The number of carbonyl (C=O) groups excluding carboxylic acids is 1. The topological polar surface area (TPSA) is 79.8 Å². The molecule has 1 fully saturated rings. The Morgan fingerprint density at radius 3 is 2.49 bits per heavy atom. The van der Waals surface area contributed by atoms with E-state index in [0.717, 1.165) is 10.2 Å². The monoisotopic (exact) mass is 511 g/mol. The summed E-state index contributed by atoms with van der Waals surface area (Å²) in [5, 5.41) is 0.406. The van der Waals surface area contributed by atoms with Crippen LogP contribution in [0.4, 0.5) is 15.2 Å². The molecule has 1 aliphatic heterocycles. The number of rotatable bonds is 5. The molecule has 3 aromatic carbocycles. The van der Waals surface area contributed by atoms with Crippen molar-refractivity contribution in [2.45, 2.75) is 11.8 Å². The first kappa shape index (κ1) is 23.6. The zero-order valence-electron chi connectivity index (χ0n) is 18.8. The van der Waals surface area contributed by atoms with Crippen LogP contribution in [0.1, 0.15) is 15.9 Å². The van der Waals surface area contributed by atoms with E-state index in [4.69, 9.17) is 4.74 Å². The normalized spacial score (nSPS) is 14.8. The number of morpholine rings is 1. The molecule has 2 heterocycles. The lowest BCUT2D eigenvalue weighted by atomic mass is 10.1. The van der Waals surface area contributed by atoms with Gasteiger partial charge in [-0.05, 0) is 61.0 Å². The van der Waals surface area contributed by atoms with Crippen molar-refractivity contribution >= 4 is 48.3 Å². The van der Waals surface area contributed by atoms with Gasteiger partial charge in [-0.1, -0.05) is 29.5 Å². The second-order valence-corrected chi connectivity index (χ2v) is 11.0. The zero-order chi connectivity index (χ0) is 24.6. The van der Waals surface area contributed by atoms with E-state index in [-0.39, 0.29) is 23.5 Å². The maximum Gasteiger partial charge on any atom is 0.264 e. The molecule has 10 heteroatoms. The number of halogens is 1. The molecule has 1 aromatic heterocycles. The summed E-state index contributed by atoms with van der Waals surface area (Å²) >= 11 is 1.33. The van der Waals surface area contributed by atoms with Crippen molar-refractivity contribution in [3.63, 3.8) is 0 Å². The maximum atomic E-state index is 14.0. The van der Waals surface area contributed by atoms with Crippen LogP contribution in [-0.2, 0) is 14.8 Å². The molecule has 5 rings (SSSR count). The molecule has 1 aliphatic rings. The second kappa shape index (κ2) is 9.46. The number of anilines is 2. The van der Waals surface area contributed by atoms with Crippen LogP contribution in [0.5, 0.6) is 0 Å². The standard InChI is InChI=1S/C25H22FN3O4S2/c1-17-6-11-20(35(31,32)28-12-14-33-15-13-28)16-21(17)24(30)29(19-9-7-18(26)8-10-19)25-27-22-4-2-3-5-23(22)34-25/h2-11,16H,12-15H2,1H3. The molecule has 0 N–H and O–H groups in total. The highest BCUT2D eigenvalue weighted by atomic mass is 32.2. The lowest BCUT2D eigenvalue weighted by Crippen LogP contribution is -2.40. The summed E-state index contributed by atoms with van der Waals surface area (Å²) in [6.07, 6.45) is 0. The molecule has 7 nitrogen and oxygen atoms in total. The van der Waals surface area contributed by atoms with Gasteiger partial charge in [0.1, 0.15) is 5.82 Å². The summed E-state index contributed by atoms with van der Waals surface area (Å²) in [6.45, 7) is 2.92. The molecule has 0 unspecified atom stereocenters. The average molecular weight is 512 g/mol. The number of aromatic nitrogens is 1. The number of sulfonamides is 1. The number of thiazole rings is 1. The van der Waals surface area contributed by atoms with Crippen molar-refractivity contribution in [3.8, 4) is 0 Å². The molecule has 0 atom stereocenters. The van der Waals surface area contributed by atoms with Crippen LogP contribution in [0, 0.1) is 12.7 Å². The zero-order valence-corrected chi connectivity index (χ0v) is 20.5. The van der Waals surface area contributed by atoms with E-state index in [9.17, 15) is 17.6 Å². The Kier molecular flexibility index (Phi) is 6.37. The first-order chi connectivity index (χ1) is 16.8. The quantitative estimate of drug-likeness (QED) is 0.387. The number of nitrogens with zero attached hydrogens (tertiary/aromatic N) is 3. The molecule has 1 saturated heterocycles. The van der Waals surface area contributed by atoms with E-state index in [0.29, 0.717) is 29.6 Å². The fraction of sp³-hybridized carbons (Fsp3) is 0.200. The van der Waals surface area contributed by atoms with Gasteiger partial charge in [0, 0.05) is 18.7 Å². The number of benzene rings is 3. The molecule has 180 valence electrons. The molecule has 0 saturated carbocycles. The molecular weight excluding hydrogens is 489 g/mol. The van der Waals surface area contributed by atoms with Crippen molar-refractivity contribution in [3.05, 3.63) is 83.7 Å². The third-order valence-electron chi connectivity index (χ3n) is 5.81. The molecular formula is C25H22FN3O4S2. The van der Waals surface area contributed by atoms with E-state index in [1.54, 1.807) is 13.0 Å². The van der Waals surface area contributed by atoms with Gasteiger partial charge in [0.15, 0.2) is 5.13 Å². The minimum absolute atomic E-state index is 0.0386. The summed E-state index contributed by atoms with van der Waals surface area (Å²) in [5.74, 6) is -0.882. The summed E-state index contributed by atoms with van der Waals surface area (Å²) in [5.41, 5.74) is 2.00. The van der Waals surface area contributed by atoms with E-state index in [1.807, 2.05) is 24.3 Å². The minimum Gasteiger partial charge on any atom is -0.379 e. The Labute approximate surface area is 206 Å². The number of amides is 1. The number of fused-ring (bicyclic) bond motifs is 1. The summed E-state index contributed by atoms with van der Waals surface area (Å²) < 4.78 is 47.7. The molecule has 0 radical (unpaired) electrons. The fourth-order valence-electron chi connectivity index (χ4n) is 3.91. The molecule has 1 amide bonds. The fourth-order valence-corrected chi connectivity index (χ4v) is 6.33. The van der Waals surface area contributed by atoms with E-state index >= 15 is 0 Å². The smallest absolute Gasteiger partial charge is 0.264 e. The highest BCUT2D eigenvalue weighted by molar-refractivity contribution is 7.89. The Bertz CT molecular complexity index is 1460. The third kappa shape index (κ3) is 4.57. The first-order valence-electron chi connectivity index (χ1n) is 11.0. The molecule has 4 aromatic rings. The summed E-state index contributed by atoms with van der Waals surface area (Å²) in [4.78, 5) is 20.0. The highest BCUT2D eigenvalue weighted by Gasteiger charge is 2.30. The van der Waals surface area contributed by atoms with Gasteiger partial charge in [-0.25, -0.2) is 17.8 Å². The van der Waals surface area contributed by atoms with Crippen molar-refractivity contribution in [1.29, 1.82) is 0 Å². The van der Waals surface area contributed by atoms with Gasteiger partial charge in [-0.3, -0.25) is 9.69 Å². The highest BCUT2D eigenvalue weighted by Crippen LogP contribution is 2.35. The molecule has 35 heavy (non-hydrogen) atoms. The molecule has 0 bridgehead atoms. The number of hydrogen-bond donors (Lipinski definition) is 0. The number of ether oxygens (including phenoxy) is 1. The van der Waals surface area contributed by atoms with Crippen LogP contribution in [0.2, 0.25) is 0 Å². The van der Waals surface area contributed by atoms with Crippen LogP contribution in [0.25, 0.3) is 10.2 Å². The van der Waals surface area contributed by atoms with E-state index in [1.165, 1.54) is 56.9 Å². The lowest BCUT2D eigenvalue weighted by molar-refractivity contribution is 0.0730. The molecule has 0 spiro atoms. The van der Waals surface area contributed by atoms with Crippen LogP contribution in [-0.4, -0.2) is 49.9 Å². The summed E-state index contributed by atoms with van der Waals surface area (Å²) in [7, 11) is -3.80. The van der Waals surface area contributed by atoms with Gasteiger partial charge in [-0.2, -0.15) is 4.31 Å². The van der Waals surface area contributed by atoms with Gasteiger partial charge in [0.05, 0.1) is 34.0 Å². The van der Waals surface area contributed by atoms with E-state index in [2.05, 4.69) is 4.98 Å². The van der Waals surface area contributed by atoms with Crippen molar-refractivity contribution < 1.29 is 22.3 Å². The van der Waals surface area contributed by atoms with Gasteiger partial charge in [0.2, 0.25) is 10.0 Å². The van der Waals surface area contributed by atoms with Crippen LogP contribution in [0.15, 0.2) is 71.6 Å². The Morgan fingerprint density at radius 2 is 1.77 bits per heavy atom. The van der Waals surface area contributed by atoms with Gasteiger partial charge < -0.3 is 4.74 Å². The Balaban J connectivity index is 1.60. The average Bonchev–Trinajstić information content (AvgIpc) is 3.29. The van der Waals surface area contributed by atoms with Crippen LogP contribution < -0.4 is 4.90 Å². The predicted molar refractivity (Wildman–Crippen MR) is 133 cm³/mol. The van der Waals surface area contributed by atoms with Crippen molar-refractivity contribution in [1.82, 2.24) is 9.29 Å². The Morgan fingerprint density at radius 1 is 1.06 bits per heavy atom. The SMILES string of the molecule is Cc1ccc(S(=O)(=O)N2CCOCC2)cc1C(=O)N(c1ccc(F)cc1)c1nc2ccccc2s1. The predicted octanol–water partition coefficient (Wildman–Crippen LogP) is 4.74. The van der Waals surface area contributed by atoms with Crippen molar-refractivity contribution in [2.75, 3.05) is 31.2 Å². The van der Waals surface area contributed by atoms with Gasteiger partial charge in [-0.15, -0.1) is 0 Å². The number of aryl methyl sites for hydroxylation is 1.